The maximum atomic E-state index is 9.75. The fourth-order valence-corrected chi connectivity index (χ4v) is 3.16. The van der Waals surface area contributed by atoms with Crippen molar-refractivity contribution in [3.8, 4) is 28.3 Å². The monoisotopic (exact) mass is 421 g/mol. The van der Waals surface area contributed by atoms with Gasteiger partial charge in [0.1, 0.15) is 5.75 Å². The van der Waals surface area contributed by atoms with Crippen molar-refractivity contribution in [2.45, 2.75) is 20.8 Å². The minimum absolute atomic E-state index is 0.785. The molecule has 0 amide bonds. The van der Waals surface area contributed by atoms with E-state index in [2.05, 4.69) is 61.7 Å². The number of aromatic nitrogens is 1. The Labute approximate surface area is 174 Å². The lowest BCUT2D eigenvalue weighted by atomic mass is 10.0. The van der Waals surface area contributed by atoms with Crippen molar-refractivity contribution in [2.75, 3.05) is 14.2 Å². The van der Waals surface area contributed by atoms with Crippen molar-refractivity contribution < 1.29 is 31.3 Å². The van der Waals surface area contributed by atoms with Crippen LogP contribution in [0.15, 0.2) is 54.6 Å². The van der Waals surface area contributed by atoms with Crippen molar-refractivity contribution >= 4 is 7.25 Å². The van der Waals surface area contributed by atoms with Crippen molar-refractivity contribution in [1.29, 1.82) is 0 Å². The Morgan fingerprint density at radius 3 is 1.70 bits per heavy atom. The second-order valence-electron chi connectivity index (χ2n) is 6.76. The number of aryl methyl sites for hydroxylation is 3. The second kappa shape index (κ2) is 9.65. The first kappa shape index (κ1) is 23.3. The highest BCUT2D eigenvalue weighted by Crippen LogP contribution is 2.27. The maximum Gasteiger partial charge on any atom is 0.673 e. The van der Waals surface area contributed by atoms with E-state index in [1.165, 1.54) is 16.7 Å². The number of hydrogen-bond acceptors (Lipinski definition) is 2. The minimum atomic E-state index is -6.00. The van der Waals surface area contributed by atoms with Crippen LogP contribution in [0.25, 0.3) is 16.8 Å². The summed E-state index contributed by atoms with van der Waals surface area (Å²) in [5, 5.41) is 0. The standard InChI is InChI=1S/C22H24NO2.BF4/c1-15-6-8-18(9-7-15)19-12-16(2)23(17(3)13-19)21-11-10-20(24-4)14-22(21)25-5;2-1(3,4)5/h6-14H,1-5H3;/q+1;-1. The Kier molecular flexibility index (Phi) is 7.48. The largest absolute Gasteiger partial charge is 0.673 e. The van der Waals surface area contributed by atoms with Crippen LogP contribution < -0.4 is 14.0 Å². The Morgan fingerprint density at radius 1 is 0.700 bits per heavy atom. The average Bonchev–Trinajstić information content (AvgIpc) is 2.66. The van der Waals surface area contributed by atoms with E-state index in [9.17, 15) is 17.3 Å². The molecule has 0 fully saturated rings. The molecule has 0 aliphatic carbocycles. The molecule has 3 rings (SSSR count). The Morgan fingerprint density at radius 2 is 1.23 bits per heavy atom. The van der Waals surface area contributed by atoms with Crippen LogP contribution in [0.3, 0.4) is 0 Å². The molecule has 1 heterocycles. The molecule has 30 heavy (non-hydrogen) atoms. The normalized spacial score (nSPS) is 10.8. The molecule has 8 heteroatoms. The third-order valence-electron chi connectivity index (χ3n) is 4.45. The van der Waals surface area contributed by atoms with Crippen LogP contribution in [-0.2, 0) is 0 Å². The first-order valence-electron chi connectivity index (χ1n) is 9.23. The molecule has 3 aromatic rings. The fourth-order valence-electron chi connectivity index (χ4n) is 3.16. The molecule has 0 unspecified atom stereocenters. The van der Waals surface area contributed by atoms with E-state index in [0.717, 1.165) is 28.6 Å². The minimum Gasteiger partial charge on any atom is -0.497 e. The van der Waals surface area contributed by atoms with Gasteiger partial charge < -0.3 is 26.7 Å². The summed E-state index contributed by atoms with van der Waals surface area (Å²) >= 11 is 0. The van der Waals surface area contributed by atoms with Crippen LogP contribution in [-0.4, -0.2) is 21.5 Å². The fraction of sp³-hybridized carbons (Fsp3) is 0.227. The summed E-state index contributed by atoms with van der Waals surface area (Å²) in [4.78, 5) is 0. The van der Waals surface area contributed by atoms with Gasteiger partial charge in [-0.1, -0.05) is 29.8 Å². The third kappa shape index (κ3) is 6.24. The van der Waals surface area contributed by atoms with Gasteiger partial charge in [-0.05, 0) is 24.1 Å². The lowest BCUT2D eigenvalue weighted by Gasteiger charge is -2.11. The quantitative estimate of drug-likeness (QED) is 0.299. The highest BCUT2D eigenvalue weighted by Gasteiger charge is 2.22. The van der Waals surface area contributed by atoms with E-state index >= 15 is 0 Å². The molecule has 0 aliphatic heterocycles. The predicted molar refractivity (Wildman–Crippen MR) is 111 cm³/mol. The first-order chi connectivity index (χ1) is 14.0. The molecular formula is C22H24BF4NO2. The van der Waals surface area contributed by atoms with Crippen LogP contribution >= 0.6 is 0 Å². The molecule has 0 radical (unpaired) electrons. The zero-order valence-corrected chi connectivity index (χ0v) is 17.5. The highest BCUT2D eigenvalue weighted by atomic mass is 19.5. The van der Waals surface area contributed by atoms with Gasteiger partial charge in [0.05, 0.1) is 14.2 Å². The number of benzene rings is 2. The van der Waals surface area contributed by atoms with Crippen molar-refractivity contribution in [1.82, 2.24) is 0 Å². The molecule has 1 aromatic heterocycles. The van der Waals surface area contributed by atoms with Gasteiger partial charge in [0.2, 0.25) is 0 Å². The number of pyridine rings is 1. The number of ether oxygens (including phenoxy) is 2. The molecule has 0 aliphatic rings. The number of rotatable bonds is 4. The van der Waals surface area contributed by atoms with Gasteiger partial charge in [-0.15, -0.1) is 0 Å². The maximum absolute atomic E-state index is 9.75. The number of hydrogen-bond donors (Lipinski definition) is 0. The van der Waals surface area contributed by atoms with Crippen molar-refractivity contribution in [3.05, 3.63) is 71.5 Å². The Bertz CT molecular complexity index is 976. The highest BCUT2D eigenvalue weighted by molar-refractivity contribution is 6.50. The predicted octanol–water partition coefficient (Wildman–Crippen LogP) is 5.87. The summed E-state index contributed by atoms with van der Waals surface area (Å²) < 4.78 is 52.1. The van der Waals surface area contributed by atoms with Crippen molar-refractivity contribution in [2.24, 2.45) is 0 Å². The van der Waals surface area contributed by atoms with E-state index in [1.807, 2.05) is 18.2 Å². The third-order valence-corrected chi connectivity index (χ3v) is 4.45. The SMILES string of the molecule is COc1ccc(-[n+]2c(C)cc(-c3ccc(C)cc3)cc2C)c(OC)c1.F[B-](F)(F)F. The molecule has 0 atom stereocenters. The zero-order valence-electron chi connectivity index (χ0n) is 17.5. The summed E-state index contributed by atoms with van der Waals surface area (Å²) in [5.41, 5.74) is 7.03. The van der Waals surface area contributed by atoms with Gasteiger partial charge >= 0.3 is 7.25 Å². The van der Waals surface area contributed by atoms with Gasteiger partial charge in [0.25, 0.3) is 5.69 Å². The van der Waals surface area contributed by atoms with Gasteiger partial charge in [-0.2, -0.15) is 4.57 Å². The summed E-state index contributed by atoms with van der Waals surface area (Å²) in [6.07, 6.45) is 0. The smallest absolute Gasteiger partial charge is 0.497 e. The van der Waals surface area contributed by atoms with Gasteiger partial charge in [-0.25, -0.2) is 0 Å². The van der Waals surface area contributed by atoms with Gasteiger partial charge in [0.15, 0.2) is 17.1 Å². The number of halogens is 4. The topological polar surface area (TPSA) is 22.3 Å². The van der Waals surface area contributed by atoms with Crippen LogP contribution in [0, 0.1) is 20.8 Å². The van der Waals surface area contributed by atoms with Crippen LogP contribution in [0.4, 0.5) is 17.3 Å². The van der Waals surface area contributed by atoms with Gasteiger partial charge in [0, 0.05) is 38.1 Å². The van der Waals surface area contributed by atoms with E-state index in [0.29, 0.717) is 0 Å². The molecule has 0 spiro atoms. The van der Waals surface area contributed by atoms with Crippen LogP contribution in [0.1, 0.15) is 17.0 Å². The zero-order chi connectivity index (χ0) is 22.5. The van der Waals surface area contributed by atoms with Crippen LogP contribution in [0.5, 0.6) is 11.5 Å². The van der Waals surface area contributed by atoms with E-state index in [4.69, 9.17) is 9.47 Å². The number of nitrogens with zero attached hydrogens (tertiary/aromatic N) is 1. The molecule has 2 aromatic carbocycles. The Hall–Kier alpha value is -3.03. The van der Waals surface area contributed by atoms with E-state index in [1.54, 1.807) is 14.2 Å². The molecule has 0 N–H and O–H groups in total. The first-order valence-corrected chi connectivity index (χ1v) is 9.23. The van der Waals surface area contributed by atoms with E-state index in [-0.39, 0.29) is 0 Å². The molecule has 160 valence electrons. The molecule has 0 saturated heterocycles. The Balaban J connectivity index is 0.000000575. The van der Waals surface area contributed by atoms with Gasteiger partial charge in [-0.3, -0.25) is 0 Å². The molecule has 0 bridgehead atoms. The van der Waals surface area contributed by atoms with Crippen LogP contribution in [0.2, 0.25) is 0 Å². The second-order valence-corrected chi connectivity index (χ2v) is 6.76. The average molecular weight is 421 g/mol. The number of methoxy groups -OCH3 is 2. The summed E-state index contributed by atoms with van der Waals surface area (Å²) in [6, 6.07) is 18.9. The lowest BCUT2D eigenvalue weighted by Crippen LogP contribution is -2.38. The van der Waals surface area contributed by atoms with Crippen molar-refractivity contribution in [3.63, 3.8) is 0 Å². The molecule has 3 nitrogen and oxygen atoms in total. The molecular weight excluding hydrogens is 397 g/mol. The summed E-state index contributed by atoms with van der Waals surface area (Å²) in [7, 11) is -2.65. The van der Waals surface area contributed by atoms with E-state index < -0.39 is 7.25 Å². The molecule has 0 saturated carbocycles. The summed E-state index contributed by atoms with van der Waals surface area (Å²) in [6.45, 7) is 6.35. The lowest BCUT2D eigenvalue weighted by molar-refractivity contribution is -0.609. The summed E-state index contributed by atoms with van der Waals surface area (Å²) in [5.74, 6) is 1.58.